The maximum Gasteiger partial charge on any atom is 0.220 e. The number of carbonyl (C=O) groups excluding carboxylic acids is 2. The molecule has 6 heteroatoms. The number of amides is 2. The molecular weight excluding hydrogens is 402 g/mol. The van der Waals surface area contributed by atoms with Crippen LogP contribution in [0.1, 0.15) is 90.9 Å². The number of aliphatic hydroxyl groups is 1. The van der Waals surface area contributed by atoms with Crippen molar-refractivity contribution >= 4 is 11.8 Å². The lowest BCUT2D eigenvalue weighted by atomic mass is 10.1. The first-order chi connectivity index (χ1) is 15.4. The highest BCUT2D eigenvalue weighted by Crippen LogP contribution is 2.07. The number of rotatable bonds is 22. The summed E-state index contributed by atoms with van der Waals surface area (Å²) in [6.45, 7) is 13.3. The van der Waals surface area contributed by atoms with Gasteiger partial charge in [0.1, 0.15) is 0 Å². The molecule has 186 valence electrons. The lowest BCUT2D eigenvalue weighted by Crippen LogP contribution is -2.48. The van der Waals surface area contributed by atoms with E-state index in [1.807, 2.05) is 26.0 Å². The minimum absolute atomic E-state index is 0.00622. The van der Waals surface area contributed by atoms with E-state index in [9.17, 15) is 14.7 Å². The van der Waals surface area contributed by atoms with E-state index in [1.54, 1.807) is 0 Å². The van der Waals surface area contributed by atoms with Gasteiger partial charge in [-0.25, -0.2) is 0 Å². The van der Waals surface area contributed by atoms with Crippen molar-refractivity contribution < 1.29 is 14.7 Å². The van der Waals surface area contributed by atoms with Crippen molar-refractivity contribution in [2.45, 2.75) is 103 Å². The van der Waals surface area contributed by atoms with Crippen molar-refractivity contribution in [1.29, 1.82) is 0 Å². The summed E-state index contributed by atoms with van der Waals surface area (Å²) >= 11 is 0. The minimum atomic E-state index is -0.00622. The Balaban J connectivity index is 4.13. The maximum absolute atomic E-state index is 12.2. The molecule has 2 atom stereocenters. The van der Waals surface area contributed by atoms with Gasteiger partial charge in [0.05, 0.1) is 6.61 Å². The van der Waals surface area contributed by atoms with Gasteiger partial charge in [-0.1, -0.05) is 37.8 Å². The number of aliphatic hydroxyl groups excluding tert-OH is 1. The van der Waals surface area contributed by atoms with Gasteiger partial charge in [0.15, 0.2) is 0 Å². The molecule has 0 aliphatic rings. The van der Waals surface area contributed by atoms with Gasteiger partial charge in [-0.15, -0.1) is 13.2 Å². The molecule has 0 heterocycles. The highest BCUT2D eigenvalue weighted by Gasteiger charge is 2.16. The average Bonchev–Trinajstić information content (AvgIpc) is 2.73. The molecule has 0 aliphatic heterocycles. The molecule has 6 nitrogen and oxygen atoms in total. The first-order valence-electron chi connectivity index (χ1n) is 12.6. The number of hydrogen-bond acceptors (Lipinski definition) is 4. The molecule has 0 aromatic carbocycles. The van der Waals surface area contributed by atoms with Crippen LogP contribution in [0.25, 0.3) is 0 Å². The number of allylic oxidation sites excluding steroid dienone is 2. The van der Waals surface area contributed by atoms with E-state index in [0.29, 0.717) is 32.5 Å². The Morgan fingerprint density at radius 3 is 1.56 bits per heavy atom. The topological polar surface area (TPSA) is 81.7 Å². The number of carbonyl (C=O) groups is 2. The van der Waals surface area contributed by atoms with Crippen LogP contribution in [-0.4, -0.2) is 60.1 Å². The molecule has 2 amide bonds. The predicted molar refractivity (Wildman–Crippen MR) is 135 cm³/mol. The van der Waals surface area contributed by atoms with Gasteiger partial charge in [-0.2, -0.15) is 0 Å². The molecular formula is C26H49N3O3. The Morgan fingerprint density at radius 2 is 1.19 bits per heavy atom. The zero-order chi connectivity index (χ0) is 24.0. The van der Waals surface area contributed by atoms with E-state index < -0.39 is 0 Å². The smallest absolute Gasteiger partial charge is 0.220 e. The van der Waals surface area contributed by atoms with Gasteiger partial charge in [-0.3, -0.25) is 14.5 Å². The van der Waals surface area contributed by atoms with Crippen molar-refractivity contribution in [3.63, 3.8) is 0 Å². The fourth-order valence-electron chi connectivity index (χ4n) is 3.81. The normalized spacial score (nSPS) is 12.9. The molecule has 0 rings (SSSR count). The fraction of sp³-hybridized carbons (Fsp3) is 0.769. The SMILES string of the molecule is C=CCCCCCCC(=O)NC(C)CN(CCO)CC(C)NC(=O)CCCCCCC=C. The van der Waals surface area contributed by atoms with Crippen molar-refractivity contribution in [2.24, 2.45) is 0 Å². The second-order valence-electron chi connectivity index (χ2n) is 8.90. The van der Waals surface area contributed by atoms with Gasteiger partial charge in [0.2, 0.25) is 11.8 Å². The lowest BCUT2D eigenvalue weighted by molar-refractivity contribution is -0.122. The summed E-state index contributed by atoms with van der Waals surface area (Å²) in [6, 6.07) is -0.0124. The lowest BCUT2D eigenvalue weighted by Gasteiger charge is -2.28. The van der Waals surface area contributed by atoms with Crippen LogP contribution in [0.15, 0.2) is 25.3 Å². The molecule has 0 saturated carbocycles. The molecule has 0 fully saturated rings. The third kappa shape index (κ3) is 19.1. The second kappa shape index (κ2) is 21.2. The Bertz CT molecular complexity index is 469. The molecule has 0 spiro atoms. The molecule has 0 aromatic heterocycles. The number of nitrogens with zero attached hydrogens (tertiary/aromatic N) is 1. The van der Waals surface area contributed by atoms with Crippen LogP contribution in [0.4, 0.5) is 0 Å². The van der Waals surface area contributed by atoms with Crippen LogP contribution < -0.4 is 10.6 Å². The number of hydrogen-bond donors (Lipinski definition) is 3. The third-order valence-electron chi connectivity index (χ3n) is 5.42. The number of unbranched alkanes of at least 4 members (excludes halogenated alkanes) is 8. The Kier molecular flexibility index (Phi) is 20.1. The quantitative estimate of drug-likeness (QED) is 0.169. The van der Waals surface area contributed by atoms with Crippen LogP contribution in [0.2, 0.25) is 0 Å². The fourth-order valence-corrected chi connectivity index (χ4v) is 3.81. The molecule has 32 heavy (non-hydrogen) atoms. The van der Waals surface area contributed by atoms with Gasteiger partial charge in [0.25, 0.3) is 0 Å². The van der Waals surface area contributed by atoms with E-state index in [0.717, 1.165) is 64.2 Å². The van der Waals surface area contributed by atoms with Crippen LogP contribution in [0, 0.1) is 0 Å². The summed E-state index contributed by atoms with van der Waals surface area (Å²) in [5.74, 6) is 0.166. The molecule has 0 radical (unpaired) electrons. The first kappa shape index (κ1) is 30.3. The van der Waals surface area contributed by atoms with Crippen LogP contribution in [0.3, 0.4) is 0 Å². The van der Waals surface area contributed by atoms with Gasteiger partial charge < -0.3 is 15.7 Å². The van der Waals surface area contributed by atoms with Crippen LogP contribution in [-0.2, 0) is 9.59 Å². The van der Waals surface area contributed by atoms with Gasteiger partial charge in [0, 0.05) is 44.6 Å². The average molecular weight is 452 g/mol. The largest absolute Gasteiger partial charge is 0.395 e. The minimum Gasteiger partial charge on any atom is -0.395 e. The highest BCUT2D eigenvalue weighted by molar-refractivity contribution is 5.76. The van der Waals surface area contributed by atoms with Crippen LogP contribution >= 0.6 is 0 Å². The molecule has 0 saturated heterocycles. The van der Waals surface area contributed by atoms with Gasteiger partial charge in [-0.05, 0) is 52.4 Å². The Morgan fingerprint density at radius 1 is 0.781 bits per heavy atom. The summed E-state index contributed by atoms with van der Waals surface area (Å²) in [6.07, 6.45) is 15.6. The maximum atomic E-state index is 12.2. The van der Waals surface area contributed by atoms with Crippen molar-refractivity contribution in [2.75, 3.05) is 26.2 Å². The second-order valence-corrected chi connectivity index (χ2v) is 8.90. The number of nitrogens with one attached hydrogen (secondary N) is 2. The van der Waals surface area contributed by atoms with Crippen molar-refractivity contribution in [1.82, 2.24) is 15.5 Å². The Hall–Kier alpha value is -1.66. The molecule has 0 aliphatic carbocycles. The van der Waals surface area contributed by atoms with Crippen LogP contribution in [0.5, 0.6) is 0 Å². The third-order valence-corrected chi connectivity index (χ3v) is 5.42. The zero-order valence-electron chi connectivity index (χ0n) is 20.7. The first-order valence-corrected chi connectivity index (χ1v) is 12.6. The van der Waals surface area contributed by atoms with E-state index in [4.69, 9.17) is 0 Å². The van der Waals surface area contributed by atoms with E-state index in [-0.39, 0.29) is 30.5 Å². The highest BCUT2D eigenvalue weighted by atomic mass is 16.3. The van der Waals surface area contributed by atoms with Crippen molar-refractivity contribution in [3.05, 3.63) is 25.3 Å². The summed E-state index contributed by atoms with van der Waals surface area (Å²) in [4.78, 5) is 26.4. The monoisotopic (exact) mass is 451 g/mol. The van der Waals surface area contributed by atoms with Crippen molar-refractivity contribution in [3.8, 4) is 0 Å². The summed E-state index contributed by atoms with van der Waals surface area (Å²) in [7, 11) is 0. The molecule has 0 bridgehead atoms. The predicted octanol–water partition coefficient (Wildman–Crippen LogP) is 4.34. The molecule has 0 aromatic rings. The van der Waals surface area contributed by atoms with E-state index in [2.05, 4.69) is 28.7 Å². The van der Waals surface area contributed by atoms with Gasteiger partial charge >= 0.3 is 0 Å². The standard InChI is InChI=1S/C26H49N3O3/c1-5-7-9-11-13-15-17-25(31)27-23(3)21-29(19-20-30)22-24(4)28-26(32)18-16-14-12-10-8-6-2/h5-6,23-24,30H,1-2,7-22H2,3-4H3,(H,27,31)(H,28,32). The summed E-state index contributed by atoms with van der Waals surface area (Å²) in [5, 5.41) is 15.5. The summed E-state index contributed by atoms with van der Waals surface area (Å²) in [5.41, 5.74) is 0. The van der Waals surface area contributed by atoms with E-state index in [1.165, 1.54) is 0 Å². The van der Waals surface area contributed by atoms with E-state index >= 15 is 0 Å². The molecule has 2 unspecified atom stereocenters. The molecule has 3 N–H and O–H groups in total. The Labute approximate surface area is 196 Å². The zero-order valence-corrected chi connectivity index (χ0v) is 20.7. The summed E-state index contributed by atoms with van der Waals surface area (Å²) < 4.78 is 0.